The van der Waals surface area contributed by atoms with Crippen LogP contribution in [0.5, 0.6) is 0 Å². The average molecular weight is 454 g/mol. The van der Waals surface area contributed by atoms with Gasteiger partial charge in [-0.05, 0) is 49.4 Å². The number of hydrogen-bond acceptors (Lipinski definition) is 3. The van der Waals surface area contributed by atoms with Crippen molar-refractivity contribution in [3.05, 3.63) is 58.6 Å². The number of aromatic nitrogens is 2. The number of alkyl halides is 3. The number of H-pyrrole nitrogens is 1. The van der Waals surface area contributed by atoms with Crippen LogP contribution in [0.1, 0.15) is 22.8 Å². The lowest BCUT2D eigenvalue weighted by atomic mass is 10.1. The molecule has 11 heteroatoms. The lowest BCUT2D eigenvalue weighted by Gasteiger charge is -2.11. The van der Waals surface area contributed by atoms with E-state index < -0.39 is 17.6 Å². The summed E-state index contributed by atoms with van der Waals surface area (Å²) < 4.78 is 44.0. The second kappa shape index (κ2) is 9.80. The topological polar surface area (TPSA) is 91.4 Å². The number of nitrogens with zero attached hydrogens (tertiary/aromatic N) is 2. The van der Waals surface area contributed by atoms with Crippen molar-refractivity contribution in [2.45, 2.75) is 13.1 Å². The number of amides is 1. The molecule has 0 aliphatic heterocycles. The van der Waals surface area contributed by atoms with Gasteiger partial charge in [0, 0.05) is 29.1 Å². The Morgan fingerprint density at radius 3 is 2.65 bits per heavy atom. The zero-order valence-corrected chi connectivity index (χ0v) is 17.1. The van der Waals surface area contributed by atoms with E-state index in [2.05, 4.69) is 25.8 Å². The quantitative estimate of drug-likeness (QED) is 0.291. The molecule has 2 aromatic carbocycles. The highest BCUT2D eigenvalue weighted by Gasteiger charge is 2.30. The standard InChI is InChI=1S/C20H19ClF3N5O2/c1-2-31-10-9-25-19(27-18(30)12-3-6-14(21)7-4-12)26-17-15-8-5-13(20(22,23)24)11-16(15)28-29-17/h3-8,11H,2,9-10H2,1H3,(H3,25,26,27,28,29,30). The number of carbonyl (C=O) groups is 1. The number of benzene rings is 2. The second-order valence-electron chi connectivity index (χ2n) is 6.35. The highest BCUT2D eigenvalue weighted by Crippen LogP contribution is 2.32. The first-order valence-electron chi connectivity index (χ1n) is 9.30. The van der Waals surface area contributed by atoms with Crippen LogP contribution in [0.4, 0.5) is 19.0 Å². The summed E-state index contributed by atoms with van der Waals surface area (Å²) >= 11 is 5.84. The molecule has 0 saturated heterocycles. The highest BCUT2D eigenvalue weighted by atomic mass is 35.5. The van der Waals surface area contributed by atoms with Gasteiger partial charge in [-0.2, -0.15) is 23.3 Å². The molecule has 0 aliphatic rings. The summed E-state index contributed by atoms with van der Waals surface area (Å²) in [5.74, 6) is -0.245. The van der Waals surface area contributed by atoms with Crippen LogP contribution in [-0.2, 0) is 10.9 Å². The van der Waals surface area contributed by atoms with E-state index in [-0.39, 0.29) is 17.3 Å². The molecule has 7 nitrogen and oxygen atoms in total. The Morgan fingerprint density at radius 1 is 1.23 bits per heavy atom. The van der Waals surface area contributed by atoms with Gasteiger partial charge >= 0.3 is 6.18 Å². The Labute approximate surface area is 180 Å². The third kappa shape index (κ3) is 5.96. The fourth-order valence-electron chi connectivity index (χ4n) is 2.66. The molecule has 0 atom stereocenters. The number of rotatable bonds is 6. The highest BCUT2D eigenvalue weighted by molar-refractivity contribution is 6.30. The number of halogens is 4. The Hall–Kier alpha value is -3.11. The van der Waals surface area contributed by atoms with Crippen LogP contribution < -0.4 is 10.6 Å². The first-order chi connectivity index (χ1) is 14.8. The Morgan fingerprint density at radius 2 is 1.97 bits per heavy atom. The van der Waals surface area contributed by atoms with Crippen molar-refractivity contribution >= 4 is 40.2 Å². The monoisotopic (exact) mass is 453 g/mol. The van der Waals surface area contributed by atoms with E-state index in [1.807, 2.05) is 6.92 Å². The number of guanidine groups is 1. The molecule has 0 saturated carbocycles. The van der Waals surface area contributed by atoms with Gasteiger partial charge in [0.2, 0.25) is 5.96 Å². The molecule has 1 heterocycles. The summed E-state index contributed by atoms with van der Waals surface area (Å²) in [5.41, 5.74) is -0.288. The molecule has 31 heavy (non-hydrogen) atoms. The molecule has 0 radical (unpaired) electrons. The van der Waals surface area contributed by atoms with Crippen molar-refractivity contribution in [3.8, 4) is 0 Å². The molecule has 1 amide bonds. The molecular weight excluding hydrogens is 435 g/mol. The SMILES string of the molecule is CCOCCN/C(=N/C(=O)c1ccc(Cl)cc1)Nc1n[nH]c2cc(C(F)(F)F)ccc12. The van der Waals surface area contributed by atoms with Crippen LogP contribution in [0, 0.1) is 0 Å². The van der Waals surface area contributed by atoms with Crippen molar-refractivity contribution in [2.24, 2.45) is 4.99 Å². The lowest BCUT2D eigenvalue weighted by Crippen LogP contribution is -2.34. The summed E-state index contributed by atoms with van der Waals surface area (Å²) in [4.78, 5) is 16.5. The molecule has 0 spiro atoms. The molecule has 1 aromatic heterocycles. The van der Waals surface area contributed by atoms with Crippen LogP contribution in [0.2, 0.25) is 5.02 Å². The van der Waals surface area contributed by atoms with Gasteiger partial charge in [-0.25, -0.2) is 0 Å². The van der Waals surface area contributed by atoms with Crippen LogP contribution in [0.15, 0.2) is 47.5 Å². The zero-order valence-electron chi connectivity index (χ0n) is 16.4. The van der Waals surface area contributed by atoms with Crippen molar-refractivity contribution in [1.29, 1.82) is 0 Å². The van der Waals surface area contributed by atoms with E-state index in [0.717, 1.165) is 12.1 Å². The number of anilines is 1. The van der Waals surface area contributed by atoms with Crippen LogP contribution in [0.3, 0.4) is 0 Å². The van der Waals surface area contributed by atoms with Crippen molar-refractivity contribution in [1.82, 2.24) is 15.5 Å². The third-order valence-corrected chi connectivity index (χ3v) is 4.43. The number of ether oxygens (including phenoxy) is 1. The first-order valence-corrected chi connectivity index (χ1v) is 9.68. The van der Waals surface area contributed by atoms with Crippen LogP contribution in [0.25, 0.3) is 10.9 Å². The van der Waals surface area contributed by atoms with Crippen molar-refractivity contribution in [3.63, 3.8) is 0 Å². The second-order valence-corrected chi connectivity index (χ2v) is 6.79. The smallest absolute Gasteiger partial charge is 0.380 e. The van der Waals surface area contributed by atoms with Gasteiger partial charge in [0.1, 0.15) is 0 Å². The maximum absolute atomic E-state index is 12.9. The summed E-state index contributed by atoms with van der Waals surface area (Å²) in [6, 6.07) is 9.43. The third-order valence-electron chi connectivity index (χ3n) is 4.17. The molecular formula is C20H19ClF3N5O2. The fraction of sp³-hybridized carbons (Fsp3) is 0.250. The minimum absolute atomic E-state index is 0.0768. The Kier molecular flexibility index (Phi) is 7.13. The maximum Gasteiger partial charge on any atom is 0.416 e. The zero-order chi connectivity index (χ0) is 22.4. The predicted molar refractivity (Wildman–Crippen MR) is 112 cm³/mol. The molecule has 0 bridgehead atoms. The number of hydrogen-bond donors (Lipinski definition) is 3. The van der Waals surface area contributed by atoms with E-state index in [4.69, 9.17) is 16.3 Å². The first kappa shape index (κ1) is 22.6. The number of aliphatic imine (C=N–C) groups is 1. The minimum Gasteiger partial charge on any atom is -0.380 e. The largest absolute Gasteiger partial charge is 0.416 e. The van der Waals surface area contributed by atoms with Gasteiger partial charge in [0.05, 0.1) is 17.7 Å². The Bertz CT molecular complexity index is 1080. The lowest BCUT2D eigenvalue weighted by molar-refractivity contribution is -0.137. The summed E-state index contributed by atoms with van der Waals surface area (Å²) in [5, 5.41) is 13.3. The van der Waals surface area contributed by atoms with Gasteiger partial charge in [-0.1, -0.05) is 11.6 Å². The van der Waals surface area contributed by atoms with Gasteiger partial charge in [0.15, 0.2) is 5.82 Å². The van der Waals surface area contributed by atoms with Gasteiger partial charge < -0.3 is 15.4 Å². The summed E-state index contributed by atoms with van der Waals surface area (Å²) in [6.45, 7) is 3.08. The number of nitrogens with one attached hydrogen (secondary N) is 3. The van der Waals surface area contributed by atoms with Gasteiger partial charge in [-0.3, -0.25) is 9.89 Å². The van der Waals surface area contributed by atoms with Crippen LogP contribution in [-0.4, -0.2) is 41.8 Å². The molecule has 3 rings (SSSR count). The Balaban J connectivity index is 1.85. The predicted octanol–water partition coefficient (Wildman–Crippen LogP) is 4.47. The normalized spacial score (nSPS) is 12.2. The van der Waals surface area contributed by atoms with E-state index in [1.54, 1.807) is 12.1 Å². The fourth-order valence-corrected chi connectivity index (χ4v) is 2.79. The molecule has 3 N–H and O–H groups in total. The molecule has 3 aromatic rings. The van der Waals surface area contributed by atoms with E-state index in [0.29, 0.717) is 35.7 Å². The van der Waals surface area contributed by atoms with Crippen LogP contribution >= 0.6 is 11.6 Å². The molecule has 0 aliphatic carbocycles. The molecule has 0 unspecified atom stereocenters. The van der Waals surface area contributed by atoms with E-state index >= 15 is 0 Å². The average Bonchev–Trinajstić information content (AvgIpc) is 3.13. The summed E-state index contributed by atoms with van der Waals surface area (Å²) in [6.07, 6.45) is -4.47. The number of aromatic amines is 1. The maximum atomic E-state index is 12.9. The van der Waals surface area contributed by atoms with E-state index in [1.165, 1.54) is 18.2 Å². The number of carbonyl (C=O) groups excluding carboxylic acids is 1. The summed E-state index contributed by atoms with van der Waals surface area (Å²) in [7, 11) is 0. The minimum atomic E-state index is -4.47. The van der Waals surface area contributed by atoms with Crippen molar-refractivity contribution < 1.29 is 22.7 Å². The van der Waals surface area contributed by atoms with Crippen molar-refractivity contribution in [2.75, 3.05) is 25.1 Å². The van der Waals surface area contributed by atoms with Gasteiger partial charge in [0.25, 0.3) is 5.91 Å². The molecule has 0 fully saturated rings. The number of fused-ring (bicyclic) bond motifs is 1. The molecule has 164 valence electrons. The van der Waals surface area contributed by atoms with E-state index in [9.17, 15) is 18.0 Å². The van der Waals surface area contributed by atoms with Gasteiger partial charge in [-0.15, -0.1) is 0 Å².